The highest BCUT2D eigenvalue weighted by molar-refractivity contribution is 5.28. The fourth-order valence-corrected chi connectivity index (χ4v) is 1.02. The maximum atomic E-state index is 13.1. The molecular weight excluding hydrogens is 181 g/mol. The van der Waals surface area contributed by atoms with Gasteiger partial charge in [-0.3, -0.25) is 0 Å². The van der Waals surface area contributed by atoms with Gasteiger partial charge in [0.25, 0.3) is 5.92 Å². The normalized spacial score (nSPS) is 11.8. The fourth-order valence-electron chi connectivity index (χ4n) is 1.02. The van der Waals surface area contributed by atoms with Gasteiger partial charge < -0.3 is 5.11 Å². The van der Waals surface area contributed by atoms with Crippen LogP contribution in [0.3, 0.4) is 0 Å². The summed E-state index contributed by atoms with van der Waals surface area (Å²) in [5.74, 6) is -4.46. The highest BCUT2D eigenvalue weighted by Crippen LogP contribution is 2.30. The van der Waals surface area contributed by atoms with Crippen molar-refractivity contribution in [2.24, 2.45) is 0 Å². The van der Waals surface area contributed by atoms with Crippen molar-refractivity contribution in [2.75, 3.05) is 6.61 Å². The van der Waals surface area contributed by atoms with Crippen LogP contribution in [0.5, 0.6) is 0 Å². The van der Waals surface area contributed by atoms with Crippen molar-refractivity contribution in [2.45, 2.75) is 12.8 Å². The van der Waals surface area contributed by atoms with Crippen molar-refractivity contribution in [3.05, 3.63) is 35.1 Å². The lowest BCUT2D eigenvalue weighted by molar-refractivity contribution is -0.0583. The van der Waals surface area contributed by atoms with Crippen molar-refractivity contribution in [3.63, 3.8) is 0 Å². The van der Waals surface area contributed by atoms with Gasteiger partial charge in [0.05, 0.1) is 5.56 Å². The molecule has 0 bridgehead atoms. The van der Waals surface area contributed by atoms with Crippen molar-refractivity contribution < 1.29 is 18.3 Å². The summed E-state index contributed by atoms with van der Waals surface area (Å²) in [6.45, 7) is 0.0136. The maximum absolute atomic E-state index is 13.1. The van der Waals surface area contributed by atoms with Gasteiger partial charge in [-0.2, -0.15) is 8.78 Å². The van der Waals surface area contributed by atoms with Crippen molar-refractivity contribution >= 4 is 0 Å². The molecule has 1 aromatic rings. The van der Waals surface area contributed by atoms with Crippen molar-refractivity contribution in [1.82, 2.24) is 0 Å². The Kier molecular flexibility index (Phi) is 2.61. The molecule has 0 atom stereocenters. The predicted molar refractivity (Wildman–Crippen MR) is 42.1 cm³/mol. The molecule has 1 N–H and O–H groups in total. The number of hydrogen-bond donors (Lipinski definition) is 1. The first-order valence-electron chi connectivity index (χ1n) is 3.73. The zero-order valence-corrected chi connectivity index (χ0v) is 7.02. The molecule has 0 aliphatic heterocycles. The average molecular weight is 190 g/mol. The number of rotatable bonds is 2. The van der Waals surface area contributed by atoms with Crippen LogP contribution in [-0.4, -0.2) is 11.7 Å². The second kappa shape index (κ2) is 3.38. The SMILES string of the molecule is Cc1cccc(C(F)(F)CO)c1F. The standard InChI is InChI=1S/C9H9F3O/c1-6-3-2-4-7(8(6)10)9(11,12)5-13/h2-4,13H,5H2,1H3. The minimum Gasteiger partial charge on any atom is -0.390 e. The first-order chi connectivity index (χ1) is 5.99. The van der Waals surface area contributed by atoms with E-state index in [0.29, 0.717) is 0 Å². The lowest BCUT2D eigenvalue weighted by Gasteiger charge is -2.14. The largest absolute Gasteiger partial charge is 0.390 e. The van der Waals surface area contributed by atoms with E-state index in [1.54, 1.807) is 0 Å². The molecule has 0 aliphatic rings. The lowest BCUT2D eigenvalue weighted by atomic mass is 10.1. The van der Waals surface area contributed by atoms with Crippen molar-refractivity contribution in [3.8, 4) is 0 Å². The van der Waals surface area contributed by atoms with Crippen LogP contribution >= 0.6 is 0 Å². The molecule has 0 aliphatic carbocycles. The van der Waals surface area contributed by atoms with Crippen LogP contribution < -0.4 is 0 Å². The van der Waals surface area contributed by atoms with Crippen LogP contribution in [0.4, 0.5) is 13.2 Å². The third-order valence-corrected chi connectivity index (χ3v) is 1.78. The molecule has 0 unspecified atom stereocenters. The Morgan fingerprint density at radius 2 is 2.00 bits per heavy atom. The van der Waals surface area contributed by atoms with Gasteiger partial charge in [-0.15, -0.1) is 0 Å². The number of aliphatic hydroxyl groups excluding tert-OH is 1. The summed E-state index contributed by atoms with van der Waals surface area (Å²) >= 11 is 0. The summed E-state index contributed by atoms with van der Waals surface area (Å²) in [4.78, 5) is 0. The van der Waals surface area contributed by atoms with Gasteiger partial charge in [0.15, 0.2) is 0 Å². The Morgan fingerprint density at radius 3 is 2.54 bits per heavy atom. The van der Waals surface area contributed by atoms with Crippen LogP contribution in [0, 0.1) is 12.7 Å². The molecule has 1 rings (SSSR count). The molecular formula is C9H9F3O. The minimum absolute atomic E-state index is 0.144. The molecule has 4 heteroatoms. The van der Waals surface area contributed by atoms with E-state index in [2.05, 4.69) is 0 Å². The van der Waals surface area contributed by atoms with E-state index >= 15 is 0 Å². The number of halogens is 3. The number of benzene rings is 1. The van der Waals surface area contributed by atoms with E-state index < -0.39 is 23.9 Å². The summed E-state index contributed by atoms with van der Waals surface area (Å²) in [5.41, 5.74) is -0.611. The summed E-state index contributed by atoms with van der Waals surface area (Å²) in [7, 11) is 0. The van der Waals surface area contributed by atoms with E-state index in [9.17, 15) is 13.2 Å². The summed E-state index contributed by atoms with van der Waals surface area (Å²) in [5, 5.41) is 8.35. The number of aryl methyl sites for hydroxylation is 1. The molecule has 1 nitrogen and oxygen atoms in total. The van der Waals surface area contributed by atoms with E-state index in [0.717, 1.165) is 6.07 Å². The third-order valence-electron chi connectivity index (χ3n) is 1.78. The number of hydrogen-bond acceptors (Lipinski definition) is 1. The Hall–Kier alpha value is -1.03. The van der Waals surface area contributed by atoms with Gasteiger partial charge in [-0.05, 0) is 18.6 Å². The lowest BCUT2D eigenvalue weighted by Crippen LogP contribution is -2.20. The Bertz CT molecular complexity index is 310. The van der Waals surface area contributed by atoms with Crippen LogP contribution in [0.15, 0.2) is 18.2 Å². The highest BCUT2D eigenvalue weighted by atomic mass is 19.3. The molecule has 0 saturated heterocycles. The smallest absolute Gasteiger partial charge is 0.298 e. The maximum Gasteiger partial charge on any atom is 0.298 e. The van der Waals surface area contributed by atoms with Crippen LogP contribution in [0.25, 0.3) is 0 Å². The Balaban J connectivity index is 3.22. The molecule has 0 spiro atoms. The quantitative estimate of drug-likeness (QED) is 0.758. The van der Waals surface area contributed by atoms with Crippen LogP contribution in [0.1, 0.15) is 11.1 Å². The molecule has 72 valence electrons. The molecule has 0 amide bonds. The zero-order valence-electron chi connectivity index (χ0n) is 7.02. The third kappa shape index (κ3) is 1.83. The van der Waals surface area contributed by atoms with Gasteiger partial charge in [-0.1, -0.05) is 12.1 Å². The average Bonchev–Trinajstić information content (AvgIpc) is 2.09. The summed E-state index contributed by atoms with van der Waals surface area (Å²) in [6.07, 6.45) is 0. The molecule has 0 fully saturated rings. The Morgan fingerprint density at radius 1 is 1.38 bits per heavy atom. The summed E-state index contributed by atoms with van der Waals surface area (Å²) < 4.78 is 38.8. The second-order valence-electron chi connectivity index (χ2n) is 2.80. The van der Waals surface area contributed by atoms with Gasteiger partial charge in [-0.25, -0.2) is 4.39 Å². The first-order valence-corrected chi connectivity index (χ1v) is 3.73. The van der Waals surface area contributed by atoms with Gasteiger partial charge in [0, 0.05) is 0 Å². The Labute approximate surface area is 73.8 Å². The highest BCUT2D eigenvalue weighted by Gasteiger charge is 2.33. The molecule has 13 heavy (non-hydrogen) atoms. The molecule has 1 aromatic carbocycles. The van der Waals surface area contributed by atoms with Gasteiger partial charge in [0.2, 0.25) is 0 Å². The van der Waals surface area contributed by atoms with Crippen LogP contribution in [0.2, 0.25) is 0 Å². The number of alkyl halides is 2. The van der Waals surface area contributed by atoms with E-state index in [1.165, 1.54) is 19.1 Å². The fraction of sp³-hybridized carbons (Fsp3) is 0.333. The molecule has 0 aromatic heterocycles. The van der Waals surface area contributed by atoms with Gasteiger partial charge in [0.1, 0.15) is 12.4 Å². The summed E-state index contributed by atoms with van der Waals surface area (Å²) in [6, 6.07) is 3.70. The second-order valence-corrected chi connectivity index (χ2v) is 2.80. The monoisotopic (exact) mass is 190 g/mol. The van der Waals surface area contributed by atoms with Crippen molar-refractivity contribution in [1.29, 1.82) is 0 Å². The first kappa shape index (κ1) is 10.1. The molecule has 0 saturated carbocycles. The van der Waals surface area contributed by atoms with Gasteiger partial charge >= 0.3 is 0 Å². The topological polar surface area (TPSA) is 20.2 Å². The predicted octanol–water partition coefficient (Wildman–Crippen LogP) is 2.22. The van der Waals surface area contributed by atoms with Crippen LogP contribution in [-0.2, 0) is 5.92 Å². The number of aliphatic hydroxyl groups is 1. The van der Waals surface area contributed by atoms with E-state index in [-0.39, 0.29) is 5.56 Å². The molecule has 0 heterocycles. The van der Waals surface area contributed by atoms with E-state index in [1.807, 2.05) is 0 Å². The van der Waals surface area contributed by atoms with E-state index in [4.69, 9.17) is 5.11 Å². The zero-order chi connectivity index (χ0) is 10.1. The minimum atomic E-state index is -3.50. The molecule has 0 radical (unpaired) electrons.